The Labute approximate surface area is 158 Å². The van der Waals surface area contributed by atoms with Gasteiger partial charge < -0.3 is 10.2 Å². The van der Waals surface area contributed by atoms with Crippen molar-refractivity contribution in [1.29, 1.82) is 0 Å². The third kappa shape index (κ3) is 5.10. The zero-order chi connectivity index (χ0) is 18.4. The second-order valence-corrected chi connectivity index (χ2v) is 6.60. The minimum Gasteiger partial charge on any atom is -0.334 e. The summed E-state index contributed by atoms with van der Waals surface area (Å²) in [6.07, 6.45) is 3.70. The summed E-state index contributed by atoms with van der Waals surface area (Å²) in [6, 6.07) is 17.5. The molecule has 1 aromatic heterocycles. The Morgan fingerprint density at radius 3 is 2.38 bits per heavy atom. The van der Waals surface area contributed by atoms with Gasteiger partial charge in [-0.1, -0.05) is 48.0 Å². The zero-order valence-corrected chi connectivity index (χ0v) is 15.4. The molecule has 2 amide bonds. The molecule has 0 radical (unpaired) electrons. The first-order valence-corrected chi connectivity index (χ1v) is 8.76. The van der Waals surface area contributed by atoms with Crippen molar-refractivity contribution in [2.45, 2.75) is 19.6 Å². The first-order chi connectivity index (χ1) is 12.6. The zero-order valence-electron chi connectivity index (χ0n) is 14.6. The third-order valence-electron chi connectivity index (χ3n) is 4.05. The number of nitrogens with one attached hydrogen (secondary N) is 1. The standard InChI is InChI=1S/C20H21ClN4O/c1-24(14-17-7-9-19(21)10-8-17)20(26)22-13-16-3-5-18(6-4-16)15-25-12-2-11-23-25/h2-12H,13-15H2,1H3,(H,22,26). The Morgan fingerprint density at radius 1 is 1.08 bits per heavy atom. The number of nitrogens with zero attached hydrogens (tertiary/aromatic N) is 3. The van der Waals surface area contributed by atoms with Gasteiger partial charge in [-0.05, 0) is 34.9 Å². The minimum absolute atomic E-state index is 0.111. The Bertz CT molecular complexity index is 829. The van der Waals surface area contributed by atoms with Crippen molar-refractivity contribution >= 4 is 17.6 Å². The average Bonchev–Trinajstić information content (AvgIpc) is 3.16. The van der Waals surface area contributed by atoms with E-state index in [1.165, 1.54) is 5.56 Å². The second-order valence-electron chi connectivity index (χ2n) is 6.16. The first-order valence-electron chi connectivity index (χ1n) is 8.39. The topological polar surface area (TPSA) is 50.2 Å². The molecule has 0 atom stereocenters. The molecular formula is C20H21ClN4O. The van der Waals surface area contributed by atoms with Gasteiger partial charge in [0.1, 0.15) is 0 Å². The molecule has 0 aliphatic heterocycles. The molecule has 0 saturated carbocycles. The molecule has 2 aromatic carbocycles. The van der Waals surface area contributed by atoms with Crippen LogP contribution in [0.15, 0.2) is 67.0 Å². The average molecular weight is 369 g/mol. The monoisotopic (exact) mass is 368 g/mol. The van der Waals surface area contributed by atoms with Gasteiger partial charge in [-0.15, -0.1) is 0 Å². The highest BCUT2D eigenvalue weighted by molar-refractivity contribution is 6.30. The number of aromatic nitrogens is 2. The molecule has 134 valence electrons. The summed E-state index contributed by atoms with van der Waals surface area (Å²) < 4.78 is 1.88. The van der Waals surface area contributed by atoms with Gasteiger partial charge in [-0.25, -0.2) is 4.79 Å². The van der Waals surface area contributed by atoms with Gasteiger partial charge >= 0.3 is 6.03 Å². The Hall–Kier alpha value is -2.79. The van der Waals surface area contributed by atoms with Gasteiger partial charge in [0.2, 0.25) is 0 Å². The molecule has 3 aromatic rings. The number of benzene rings is 2. The van der Waals surface area contributed by atoms with E-state index in [0.29, 0.717) is 18.1 Å². The smallest absolute Gasteiger partial charge is 0.317 e. The van der Waals surface area contributed by atoms with E-state index in [9.17, 15) is 4.79 Å². The van der Waals surface area contributed by atoms with Gasteiger partial charge in [0, 0.05) is 37.6 Å². The molecule has 1 heterocycles. The summed E-state index contributed by atoms with van der Waals surface area (Å²) >= 11 is 5.88. The molecule has 0 aliphatic carbocycles. The van der Waals surface area contributed by atoms with Crippen LogP contribution >= 0.6 is 11.6 Å². The number of rotatable bonds is 6. The highest BCUT2D eigenvalue weighted by Crippen LogP contribution is 2.11. The fraction of sp³-hybridized carbons (Fsp3) is 0.200. The maximum absolute atomic E-state index is 12.2. The second kappa shape index (κ2) is 8.54. The third-order valence-corrected chi connectivity index (χ3v) is 4.30. The number of carbonyl (C=O) groups excluding carboxylic acids is 1. The Kier molecular flexibility index (Phi) is 5.92. The number of amides is 2. The molecule has 5 nitrogen and oxygen atoms in total. The van der Waals surface area contributed by atoms with Gasteiger partial charge in [0.25, 0.3) is 0 Å². The summed E-state index contributed by atoms with van der Waals surface area (Å²) in [7, 11) is 1.77. The van der Waals surface area contributed by atoms with Crippen LogP contribution in [0, 0.1) is 0 Å². The molecule has 0 unspecified atom stereocenters. The van der Waals surface area contributed by atoms with Crippen LogP contribution in [0.4, 0.5) is 4.79 Å². The highest BCUT2D eigenvalue weighted by atomic mass is 35.5. The predicted molar refractivity (Wildman–Crippen MR) is 103 cm³/mol. The van der Waals surface area contributed by atoms with Gasteiger partial charge in [-0.2, -0.15) is 5.10 Å². The van der Waals surface area contributed by atoms with Crippen molar-refractivity contribution in [2.75, 3.05) is 7.05 Å². The Balaban J connectivity index is 1.48. The first kappa shape index (κ1) is 18.0. The normalized spacial score (nSPS) is 10.5. The maximum Gasteiger partial charge on any atom is 0.317 e. The van der Waals surface area contributed by atoms with Crippen molar-refractivity contribution in [3.63, 3.8) is 0 Å². The predicted octanol–water partition coefficient (Wildman–Crippen LogP) is 3.93. The number of carbonyl (C=O) groups is 1. The van der Waals surface area contributed by atoms with Crippen LogP contribution in [0.1, 0.15) is 16.7 Å². The van der Waals surface area contributed by atoms with Gasteiger partial charge in [0.15, 0.2) is 0 Å². The quantitative estimate of drug-likeness (QED) is 0.716. The van der Waals surface area contributed by atoms with Crippen LogP contribution < -0.4 is 5.32 Å². The summed E-state index contributed by atoms with van der Waals surface area (Å²) in [4.78, 5) is 13.9. The molecule has 3 rings (SSSR count). The van der Waals surface area contributed by atoms with Gasteiger partial charge in [-0.3, -0.25) is 4.68 Å². The van der Waals surface area contributed by atoms with Crippen LogP contribution in [-0.4, -0.2) is 27.8 Å². The number of halogens is 1. The molecule has 1 N–H and O–H groups in total. The minimum atomic E-state index is -0.111. The fourth-order valence-electron chi connectivity index (χ4n) is 2.59. The maximum atomic E-state index is 12.2. The largest absolute Gasteiger partial charge is 0.334 e. The molecule has 6 heteroatoms. The molecule has 0 fully saturated rings. The van der Waals surface area contributed by atoms with Crippen molar-refractivity contribution in [3.8, 4) is 0 Å². The van der Waals surface area contributed by atoms with Crippen LogP contribution in [0.5, 0.6) is 0 Å². The summed E-state index contributed by atoms with van der Waals surface area (Å²) in [5, 5.41) is 7.83. The lowest BCUT2D eigenvalue weighted by Crippen LogP contribution is -2.36. The van der Waals surface area contributed by atoms with E-state index < -0.39 is 0 Å². The van der Waals surface area contributed by atoms with Crippen LogP contribution in [0.2, 0.25) is 5.02 Å². The van der Waals surface area contributed by atoms with Crippen LogP contribution in [0.3, 0.4) is 0 Å². The lowest BCUT2D eigenvalue weighted by Gasteiger charge is -2.18. The summed E-state index contributed by atoms with van der Waals surface area (Å²) in [6.45, 7) is 1.77. The summed E-state index contributed by atoms with van der Waals surface area (Å²) in [5.41, 5.74) is 3.26. The van der Waals surface area contributed by atoms with Crippen molar-refractivity contribution < 1.29 is 4.79 Å². The van der Waals surface area contributed by atoms with E-state index in [-0.39, 0.29) is 6.03 Å². The lowest BCUT2D eigenvalue weighted by molar-refractivity contribution is 0.206. The van der Waals surface area contributed by atoms with Gasteiger partial charge in [0.05, 0.1) is 6.54 Å². The van der Waals surface area contributed by atoms with E-state index in [0.717, 1.165) is 17.7 Å². The van der Waals surface area contributed by atoms with E-state index in [1.807, 2.05) is 53.3 Å². The van der Waals surface area contributed by atoms with Crippen LogP contribution in [-0.2, 0) is 19.6 Å². The van der Waals surface area contributed by atoms with E-state index in [1.54, 1.807) is 18.1 Å². The number of hydrogen-bond acceptors (Lipinski definition) is 2. The molecule has 0 spiro atoms. The molecule has 0 bridgehead atoms. The highest BCUT2D eigenvalue weighted by Gasteiger charge is 2.08. The lowest BCUT2D eigenvalue weighted by atomic mass is 10.1. The fourth-order valence-corrected chi connectivity index (χ4v) is 2.72. The van der Waals surface area contributed by atoms with Crippen LogP contribution in [0.25, 0.3) is 0 Å². The molecule has 26 heavy (non-hydrogen) atoms. The summed E-state index contributed by atoms with van der Waals surface area (Å²) in [5.74, 6) is 0. The number of urea groups is 1. The van der Waals surface area contributed by atoms with E-state index in [2.05, 4.69) is 22.5 Å². The van der Waals surface area contributed by atoms with Crippen molar-refractivity contribution in [1.82, 2.24) is 20.0 Å². The molecule has 0 aliphatic rings. The van der Waals surface area contributed by atoms with E-state index >= 15 is 0 Å². The van der Waals surface area contributed by atoms with E-state index in [4.69, 9.17) is 11.6 Å². The van der Waals surface area contributed by atoms with Crippen molar-refractivity contribution in [2.24, 2.45) is 0 Å². The number of hydrogen-bond donors (Lipinski definition) is 1. The Morgan fingerprint density at radius 2 is 1.73 bits per heavy atom. The SMILES string of the molecule is CN(Cc1ccc(Cl)cc1)C(=O)NCc1ccc(Cn2cccn2)cc1. The molecular weight excluding hydrogens is 348 g/mol. The van der Waals surface area contributed by atoms with Crippen molar-refractivity contribution in [3.05, 3.63) is 88.7 Å². The molecule has 0 saturated heterocycles.